The van der Waals surface area contributed by atoms with Crippen LogP contribution in [-0.2, 0) is 13.0 Å². The SMILES string of the molecule is CNc1nc([C@H]2CCNC2)nc2c1CCN(C(=O)c1cc(N3CCCC3)ccc1OC)C2. The molecule has 3 aliphatic rings. The fourth-order valence-electron chi connectivity index (χ4n) is 5.09. The van der Waals surface area contributed by atoms with E-state index in [0.29, 0.717) is 30.3 Å². The summed E-state index contributed by atoms with van der Waals surface area (Å²) in [6, 6.07) is 5.97. The molecule has 1 aromatic heterocycles. The van der Waals surface area contributed by atoms with Crippen molar-refractivity contribution in [2.75, 3.05) is 57.1 Å². The number of hydrogen-bond donors (Lipinski definition) is 2. The second-order valence-corrected chi connectivity index (χ2v) is 8.85. The Morgan fingerprint density at radius 3 is 2.78 bits per heavy atom. The molecule has 0 radical (unpaired) electrons. The average molecular weight is 437 g/mol. The Morgan fingerprint density at radius 1 is 1.22 bits per heavy atom. The summed E-state index contributed by atoms with van der Waals surface area (Å²) >= 11 is 0. The maximum absolute atomic E-state index is 13.6. The third-order valence-corrected chi connectivity index (χ3v) is 6.92. The molecule has 0 bridgehead atoms. The van der Waals surface area contributed by atoms with Gasteiger partial charge < -0.3 is 25.2 Å². The summed E-state index contributed by atoms with van der Waals surface area (Å²) in [6.45, 7) is 5.13. The zero-order valence-electron chi connectivity index (χ0n) is 19.0. The fourth-order valence-corrected chi connectivity index (χ4v) is 5.09. The van der Waals surface area contributed by atoms with E-state index in [9.17, 15) is 4.79 Å². The first-order chi connectivity index (χ1) is 15.7. The van der Waals surface area contributed by atoms with Gasteiger partial charge in [0, 0.05) is 50.4 Å². The Labute approximate surface area is 189 Å². The Bertz CT molecular complexity index is 998. The highest BCUT2D eigenvalue weighted by atomic mass is 16.5. The molecule has 1 amide bonds. The van der Waals surface area contributed by atoms with Crippen molar-refractivity contribution >= 4 is 17.4 Å². The minimum Gasteiger partial charge on any atom is -0.496 e. The van der Waals surface area contributed by atoms with Gasteiger partial charge in [-0.25, -0.2) is 9.97 Å². The summed E-state index contributed by atoms with van der Waals surface area (Å²) in [6.07, 6.45) is 4.19. The van der Waals surface area contributed by atoms with Crippen molar-refractivity contribution in [3.05, 3.63) is 40.8 Å². The largest absolute Gasteiger partial charge is 0.496 e. The van der Waals surface area contributed by atoms with Crippen LogP contribution in [0.4, 0.5) is 11.5 Å². The van der Waals surface area contributed by atoms with Gasteiger partial charge in [0.1, 0.15) is 17.4 Å². The molecule has 2 saturated heterocycles. The molecule has 8 heteroatoms. The quantitative estimate of drug-likeness (QED) is 0.745. The molecule has 0 unspecified atom stereocenters. The lowest BCUT2D eigenvalue weighted by Gasteiger charge is -2.30. The van der Waals surface area contributed by atoms with Crippen molar-refractivity contribution in [2.45, 2.75) is 38.1 Å². The minimum absolute atomic E-state index is 0.00208. The van der Waals surface area contributed by atoms with Gasteiger partial charge in [0.05, 0.1) is 24.9 Å². The summed E-state index contributed by atoms with van der Waals surface area (Å²) in [5.74, 6) is 2.73. The van der Waals surface area contributed by atoms with E-state index in [2.05, 4.69) is 21.6 Å². The lowest BCUT2D eigenvalue weighted by Crippen LogP contribution is -2.37. The van der Waals surface area contributed by atoms with Gasteiger partial charge in [-0.2, -0.15) is 0 Å². The van der Waals surface area contributed by atoms with E-state index in [4.69, 9.17) is 14.7 Å². The zero-order chi connectivity index (χ0) is 22.1. The van der Waals surface area contributed by atoms with E-state index >= 15 is 0 Å². The molecule has 0 saturated carbocycles. The summed E-state index contributed by atoms with van der Waals surface area (Å²) in [4.78, 5) is 27.6. The first-order valence-corrected chi connectivity index (χ1v) is 11.7. The second-order valence-electron chi connectivity index (χ2n) is 8.85. The number of nitrogens with zero attached hydrogens (tertiary/aromatic N) is 4. The fraction of sp³-hybridized carbons (Fsp3) is 0.542. The minimum atomic E-state index is 0.00208. The average Bonchev–Trinajstić information content (AvgIpc) is 3.57. The maximum atomic E-state index is 13.6. The topological polar surface area (TPSA) is 82.6 Å². The molecule has 32 heavy (non-hydrogen) atoms. The molecule has 2 aromatic rings. The summed E-state index contributed by atoms with van der Waals surface area (Å²) in [5.41, 5.74) is 3.81. The van der Waals surface area contributed by atoms with E-state index < -0.39 is 0 Å². The molecule has 0 aliphatic carbocycles. The molecule has 3 aliphatic heterocycles. The zero-order valence-corrected chi connectivity index (χ0v) is 19.0. The Balaban J connectivity index is 1.43. The highest BCUT2D eigenvalue weighted by molar-refractivity contribution is 5.98. The number of carbonyl (C=O) groups excluding carboxylic acids is 1. The summed E-state index contributed by atoms with van der Waals surface area (Å²) in [5, 5.41) is 6.65. The number of benzene rings is 1. The molecule has 1 aromatic carbocycles. The molecular weight excluding hydrogens is 404 g/mol. The van der Waals surface area contributed by atoms with Gasteiger partial charge in [0.2, 0.25) is 0 Å². The first kappa shape index (κ1) is 21.0. The number of ether oxygens (including phenoxy) is 1. The highest BCUT2D eigenvalue weighted by Gasteiger charge is 2.30. The third-order valence-electron chi connectivity index (χ3n) is 6.92. The van der Waals surface area contributed by atoms with Crippen LogP contribution in [-0.4, -0.2) is 67.7 Å². The number of amides is 1. The van der Waals surface area contributed by atoms with Crippen LogP contribution in [0.2, 0.25) is 0 Å². The van der Waals surface area contributed by atoms with Crippen LogP contribution in [0.5, 0.6) is 5.75 Å². The lowest BCUT2D eigenvalue weighted by molar-refractivity contribution is 0.0728. The number of methoxy groups -OCH3 is 1. The van der Waals surface area contributed by atoms with Crippen LogP contribution in [0.25, 0.3) is 0 Å². The summed E-state index contributed by atoms with van der Waals surface area (Å²) in [7, 11) is 3.53. The third kappa shape index (κ3) is 3.88. The van der Waals surface area contributed by atoms with E-state index in [1.165, 1.54) is 12.8 Å². The van der Waals surface area contributed by atoms with E-state index in [-0.39, 0.29) is 5.91 Å². The van der Waals surface area contributed by atoms with Crippen molar-refractivity contribution in [1.29, 1.82) is 0 Å². The predicted octanol–water partition coefficient (Wildman–Crippen LogP) is 2.40. The molecule has 4 heterocycles. The molecule has 2 fully saturated rings. The van der Waals surface area contributed by atoms with Crippen molar-refractivity contribution in [1.82, 2.24) is 20.2 Å². The van der Waals surface area contributed by atoms with Gasteiger partial charge in [0.15, 0.2) is 0 Å². The number of fused-ring (bicyclic) bond motifs is 1. The molecule has 8 nitrogen and oxygen atoms in total. The van der Waals surface area contributed by atoms with Crippen LogP contribution in [0.3, 0.4) is 0 Å². The van der Waals surface area contributed by atoms with E-state index in [1.54, 1.807) is 7.11 Å². The first-order valence-electron chi connectivity index (χ1n) is 11.7. The second kappa shape index (κ2) is 8.94. The van der Waals surface area contributed by atoms with Gasteiger partial charge >= 0.3 is 0 Å². The molecule has 170 valence electrons. The lowest BCUT2D eigenvalue weighted by atomic mass is 10.0. The normalized spacial score (nSPS) is 20.4. The van der Waals surface area contributed by atoms with Crippen molar-refractivity contribution < 1.29 is 9.53 Å². The van der Waals surface area contributed by atoms with Gasteiger partial charge in [-0.15, -0.1) is 0 Å². The van der Waals surface area contributed by atoms with Crippen molar-refractivity contribution in [2.24, 2.45) is 0 Å². The standard InChI is InChI=1S/C24H32N6O2/c1-25-23-18-8-12-30(15-20(18)27-22(28-23)16-7-9-26-14-16)24(31)19-13-17(5-6-21(19)32-2)29-10-3-4-11-29/h5-6,13,16,26H,3-4,7-12,14-15H2,1-2H3,(H,25,27,28)/t16-/m0/s1. The molecule has 5 rings (SSSR count). The predicted molar refractivity (Wildman–Crippen MR) is 125 cm³/mol. The van der Waals surface area contributed by atoms with Gasteiger partial charge in [-0.05, 0) is 50.4 Å². The van der Waals surface area contributed by atoms with Crippen molar-refractivity contribution in [3.63, 3.8) is 0 Å². The molecule has 2 N–H and O–H groups in total. The van der Waals surface area contributed by atoms with Gasteiger partial charge in [-0.3, -0.25) is 4.79 Å². The maximum Gasteiger partial charge on any atom is 0.258 e. The number of aromatic nitrogens is 2. The highest BCUT2D eigenvalue weighted by Crippen LogP contribution is 2.31. The van der Waals surface area contributed by atoms with Crippen LogP contribution >= 0.6 is 0 Å². The van der Waals surface area contributed by atoms with Crippen LogP contribution in [0.15, 0.2) is 18.2 Å². The number of carbonyl (C=O) groups is 1. The molecular formula is C24H32N6O2. The van der Waals surface area contributed by atoms with Crippen molar-refractivity contribution in [3.8, 4) is 5.75 Å². The molecule has 0 spiro atoms. The number of hydrogen-bond acceptors (Lipinski definition) is 7. The Hall–Kier alpha value is -2.87. The Kier molecular flexibility index (Phi) is 5.87. The smallest absolute Gasteiger partial charge is 0.258 e. The van der Waals surface area contributed by atoms with Crippen LogP contribution in [0.1, 0.15) is 52.6 Å². The van der Waals surface area contributed by atoms with E-state index in [1.807, 2.05) is 24.1 Å². The number of nitrogens with one attached hydrogen (secondary N) is 2. The van der Waals surface area contributed by atoms with E-state index in [0.717, 1.165) is 67.6 Å². The summed E-state index contributed by atoms with van der Waals surface area (Å²) < 4.78 is 5.56. The molecule has 1 atom stereocenters. The van der Waals surface area contributed by atoms with Crippen LogP contribution in [0, 0.1) is 0 Å². The van der Waals surface area contributed by atoms with Gasteiger partial charge in [0.25, 0.3) is 5.91 Å². The van der Waals surface area contributed by atoms with Gasteiger partial charge in [-0.1, -0.05) is 0 Å². The Morgan fingerprint density at radius 2 is 2.06 bits per heavy atom. The number of anilines is 2. The number of rotatable bonds is 5. The van der Waals surface area contributed by atoms with Crippen LogP contribution < -0.4 is 20.3 Å². The monoisotopic (exact) mass is 436 g/mol.